The van der Waals surface area contributed by atoms with E-state index in [2.05, 4.69) is 15.0 Å². The Morgan fingerprint density at radius 1 is 1.31 bits per heavy atom. The van der Waals surface area contributed by atoms with Crippen molar-refractivity contribution in [2.75, 3.05) is 40.0 Å². The minimum atomic E-state index is -4.37. The van der Waals surface area contributed by atoms with Gasteiger partial charge in [-0.15, -0.1) is 0 Å². The van der Waals surface area contributed by atoms with Crippen molar-refractivity contribution in [3.63, 3.8) is 0 Å². The molecule has 146 valence electrons. The van der Waals surface area contributed by atoms with E-state index in [4.69, 9.17) is 4.74 Å². The largest absolute Gasteiger partial charge is 0.497 e. The van der Waals surface area contributed by atoms with E-state index < -0.39 is 12.8 Å². The van der Waals surface area contributed by atoms with E-state index in [0.29, 0.717) is 6.54 Å². The number of methoxy groups -OCH3 is 1. The van der Waals surface area contributed by atoms with Crippen molar-refractivity contribution >= 4 is 5.91 Å². The van der Waals surface area contributed by atoms with Gasteiger partial charge < -0.3 is 14.8 Å². The molecular formula is C18H25F3N2O3. The second kappa shape index (κ2) is 9.78. The number of rotatable bonds is 9. The molecule has 1 aliphatic rings. The molecule has 1 aromatic rings. The van der Waals surface area contributed by atoms with Crippen LogP contribution in [0.2, 0.25) is 0 Å². The molecule has 1 atom stereocenters. The van der Waals surface area contributed by atoms with Gasteiger partial charge in [0.1, 0.15) is 12.4 Å². The van der Waals surface area contributed by atoms with Crippen LogP contribution in [0.3, 0.4) is 0 Å². The Morgan fingerprint density at radius 2 is 2.04 bits per heavy atom. The van der Waals surface area contributed by atoms with E-state index in [1.165, 1.54) is 0 Å². The van der Waals surface area contributed by atoms with E-state index >= 15 is 0 Å². The van der Waals surface area contributed by atoms with Crippen LogP contribution in [0.1, 0.15) is 30.9 Å². The van der Waals surface area contributed by atoms with E-state index in [1.807, 2.05) is 24.3 Å². The molecule has 1 amide bonds. The third-order valence-corrected chi connectivity index (χ3v) is 4.29. The number of benzene rings is 1. The topological polar surface area (TPSA) is 50.8 Å². The fraction of sp³-hybridized carbons (Fsp3) is 0.611. The van der Waals surface area contributed by atoms with Crippen molar-refractivity contribution in [2.24, 2.45) is 0 Å². The maximum atomic E-state index is 12.0. The fourth-order valence-electron chi connectivity index (χ4n) is 3.01. The monoisotopic (exact) mass is 374 g/mol. The van der Waals surface area contributed by atoms with E-state index in [0.717, 1.165) is 37.2 Å². The lowest BCUT2D eigenvalue weighted by Gasteiger charge is -2.28. The molecule has 1 aliphatic heterocycles. The maximum absolute atomic E-state index is 12.0. The summed E-state index contributed by atoms with van der Waals surface area (Å²) in [5.41, 5.74) is 1.04. The first-order valence-electron chi connectivity index (χ1n) is 8.68. The molecule has 1 heterocycles. The average molecular weight is 374 g/mol. The molecule has 2 rings (SSSR count). The van der Waals surface area contributed by atoms with Crippen LogP contribution in [0.15, 0.2) is 24.3 Å². The maximum Gasteiger partial charge on any atom is 0.411 e. The van der Waals surface area contributed by atoms with Crippen LogP contribution < -0.4 is 10.1 Å². The van der Waals surface area contributed by atoms with Crippen LogP contribution in [0.25, 0.3) is 0 Å². The summed E-state index contributed by atoms with van der Waals surface area (Å²) in [6, 6.07) is 7.71. The van der Waals surface area contributed by atoms with Gasteiger partial charge in [-0.3, -0.25) is 9.69 Å². The summed E-state index contributed by atoms with van der Waals surface area (Å²) in [5, 5.41) is 2.81. The number of hydrogen-bond acceptors (Lipinski definition) is 4. The Bertz CT molecular complexity index is 575. The van der Waals surface area contributed by atoms with Gasteiger partial charge in [0, 0.05) is 13.0 Å². The minimum Gasteiger partial charge on any atom is -0.497 e. The van der Waals surface area contributed by atoms with Gasteiger partial charge in [0.25, 0.3) is 0 Å². The number of halogens is 3. The first-order valence-corrected chi connectivity index (χ1v) is 8.68. The quantitative estimate of drug-likeness (QED) is 0.676. The lowest BCUT2D eigenvalue weighted by molar-refractivity contribution is -0.174. The smallest absolute Gasteiger partial charge is 0.411 e. The summed E-state index contributed by atoms with van der Waals surface area (Å²) >= 11 is 0. The Labute approximate surface area is 151 Å². The number of nitrogens with one attached hydrogen (secondary N) is 1. The molecule has 1 saturated heterocycles. The Morgan fingerprint density at radius 3 is 2.69 bits per heavy atom. The van der Waals surface area contributed by atoms with Crippen LogP contribution in [0.5, 0.6) is 5.75 Å². The molecular weight excluding hydrogens is 349 g/mol. The fourth-order valence-corrected chi connectivity index (χ4v) is 3.01. The second-order valence-corrected chi connectivity index (χ2v) is 6.26. The third-order valence-electron chi connectivity index (χ3n) is 4.29. The number of carbonyl (C=O) groups excluding carboxylic acids is 1. The number of carbonyl (C=O) groups is 1. The zero-order valence-electron chi connectivity index (χ0n) is 14.8. The van der Waals surface area contributed by atoms with Gasteiger partial charge in [0.15, 0.2) is 0 Å². The lowest BCUT2D eigenvalue weighted by atomic mass is 10.0. The molecule has 1 aromatic carbocycles. The number of hydrogen-bond donors (Lipinski definition) is 1. The van der Waals surface area contributed by atoms with Gasteiger partial charge in [-0.05, 0) is 43.6 Å². The van der Waals surface area contributed by atoms with Gasteiger partial charge in [-0.25, -0.2) is 0 Å². The summed E-state index contributed by atoms with van der Waals surface area (Å²) < 4.78 is 45.8. The van der Waals surface area contributed by atoms with E-state index in [9.17, 15) is 18.0 Å². The molecule has 0 spiro atoms. The molecule has 0 bridgehead atoms. The zero-order chi connectivity index (χ0) is 19.0. The number of amides is 1. The third kappa shape index (κ3) is 6.84. The predicted octanol–water partition coefficient (Wildman–Crippen LogP) is 2.92. The highest BCUT2D eigenvalue weighted by atomic mass is 19.4. The van der Waals surface area contributed by atoms with Crippen LogP contribution >= 0.6 is 0 Å². The highest BCUT2D eigenvalue weighted by Crippen LogP contribution is 2.27. The highest BCUT2D eigenvalue weighted by molar-refractivity contribution is 5.76. The van der Waals surface area contributed by atoms with Crippen LogP contribution in [-0.4, -0.2) is 56.9 Å². The van der Waals surface area contributed by atoms with Crippen molar-refractivity contribution in [1.82, 2.24) is 10.2 Å². The zero-order valence-corrected chi connectivity index (χ0v) is 14.8. The highest BCUT2D eigenvalue weighted by Gasteiger charge is 2.27. The van der Waals surface area contributed by atoms with Gasteiger partial charge in [-0.2, -0.15) is 13.2 Å². The van der Waals surface area contributed by atoms with Crippen molar-refractivity contribution in [2.45, 2.75) is 31.5 Å². The first kappa shape index (κ1) is 20.5. The molecule has 26 heavy (non-hydrogen) atoms. The number of nitrogens with zero attached hydrogens (tertiary/aromatic N) is 1. The number of likely N-dealkylation sites (tertiary alicyclic amines) is 1. The van der Waals surface area contributed by atoms with Gasteiger partial charge >= 0.3 is 6.18 Å². The summed E-state index contributed by atoms with van der Waals surface area (Å²) in [5.74, 6) is 0.429. The van der Waals surface area contributed by atoms with Crippen molar-refractivity contribution in [1.29, 1.82) is 0 Å². The Hall–Kier alpha value is -1.80. The summed E-state index contributed by atoms with van der Waals surface area (Å²) in [7, 11) is 1.60. The molecule has 1 unspecified atom stereocenters. The van der Waals surface area contributed by atoms with Crippen molar-refractivity contribution < 1.29 is 27.4 Å². The van der Waals surface area contributed by atoms with E-state index in [-0.39, 0.29) is 25.0 Å². The SMILES string of the molecule is COc1cccc(C(CNC(=O)CCOCC(F)(F)F)N2CCCC2)c1. The first-order chi connectivity index (χ1) is 12.4. The minimum absolute atomic E-state index is 0.00708. The molecule has 8 heteroatoms. The molecule has 0 radical (unpaired) electrons. The lowest BCUT2D eigenvalue weighted by Crippen LogP contribution is -2.37. The van der Waals surface area contributed by atoms with Crippen molar-refractivity contribution in [3.05, 3.63) is 29.8 Å². The van der Waals surface area contributed by atoms with Crippen LogP contribution in [-0.2, 0) is 9.53 Å². The van der Waals surface area contributed by atoms with Crippen molar-refractivity contribution in [3.8, 4) is 5.75 Å². The molecule has 1 N–H and O–H groups in total. The van der Waals surface area contributed by atoms with Gasteiger partial charge in [0.2, 0.25) is 5.91 Å². The average Bonchev–Trinajstić information content (AvgIpc) is 3.12. The number of ether oxygens (including phenoxy) is 2. The van der Waals surface area contributed by atoms with Crippen LogP contribution in [0, 0.1) is 0 Å². The molecule has 5 nitrogen and oxygen atoms in total. The summed E-state index contributed by atoms with van der Waals surface area (Å²) in [6.45, 7) is 0.712. The molecule has 0 aliphatic carbocycles. The molecule has 0 aromatic heterocycles. The predicted molar refractivity (Wildman–Crippen MR) is 91.0 cm³/mol. The van der Waals surface area contributed by atoms with Gasteiger partial charge in [-0.1, -0.05) is 12.1 Å². The number of alkyl halides is 3. The van der Waals surface area contributed by atoms with Crippen LogP contribution in [0.4, 0.5) is 13.2 Å². The molecule has 1 fully saturated rings. The molecule has 0 saturated carbocycles. The Balaban J connectivity index is 1.87. The second-order valence-electron chi connectivity index (χ2n) is 6.26. The van der Waals surface area contributed by atoms with Gasteiger partial charge in [0.05, 0.1) is 19.8 Å². The normalized spacial score (nSPS) is 16.5. The summed E-state index contributed by atoms with van der Waals surface area (Å²) in [6.07, 6.45) is -2.25. The Kier molecular flexibility index (Phi) is 7.71. The van der Waals surface area contributed by atoms with E-state index in [1.54, 1.807) is 7.11 Å². The standard InChI is InChI=1S/C18H25F3N2O3/c1-25-15-6-4-5-14(11-15)16(23-8-2-3-9-23)12-22-17(24)7-10-26-13-18(19,20)21/h4-6,11,16H,2-3,7-10,12-13H2,1H3,(H,22,24). The summed E-state index contributed by atoms with van der Waals surface area (Å²) in [4.78, 5) is 14.2.